The van der Waals surface area contributed by atoms with Gasteiger partial charge in [0, 0.05) is 32.8 Å². The van der Waals surface area contributed by atoms with Crippen LogP contribution in [0.1, 0.15) is 16.7 Å². The molecule has 0 atom stereocenters. The van der Waals surface area contributed by atoms with Crippen LogP contribution >= 0.6 is 0 Å². The number of hydrogen-bond acceptors (Lipinski definition) is 3. The Hall–Kier alpha value is -7.39. The molecule has 0 radical (unpaired) electrons. The van der Waals surface area contributed by atoms with Crippen molar-refractivity contribution in [2.75, 3.05) is 0 Å². The molecule has 2 aromatic heterocycles. The van der Waals surface area contributed by atoms with Gasteiger partial charge in [-0.25, -0.2) is 0 Å². The molecule has 0 saturated carbocycles. The molecule has 5 heteroatoms. The van der Waals surface area contributed by atoms with Crippen LogP contribution in [0.25, 0.3) is 77.2 Å². The van der Waals surface area contributed by atoms with Crippen molar-refractivity contribution in [2.45, 2.75) is 0 Å². The Kier molecular flexibility index (Phi) is 6.56. The van der Waals surface area contributed by atoms with E-state index in [9.17, 15) is 15.8 Å². The molecule has 5 nitrogen and oxygen atoms in total. The molecule has 0 unspecified atom stereocenters. The highest BCUT2D eigenvalue weighted by atomic mass is 15.0. The van der Waals surface area contributed by atoms with Crippen LogP contribution in [0.3, 0.4) is 0 Å². The fourth-order valence-corrected chi connectivity index (χ4v) is 7.51. The van der Waals surface area contributed by atoms with Gasteiger partial charge in [-0.1, -0.05) is 97.1 Å². The van der Waals surface area contributed by atoms with E-state index >= 15 is 0 Å². The second kappa shape index (κ2) is 11.4. The predicted octanol–water partition coefficient (Wildman–Crippen LogP) is 10.8. The van der Waals surface area contributed by atoms with Crippen LogP contribution in [0.15, 0.2) is 152 Å². The normalized spacial score (nSPS) is 11.1. The quantitative estimate of drug-likeness (QED) is 0.193. The summed E-state index contributed by atoms with van der Waals surface area (Å²) in [4.78, 5) is 0. The number of rotatable bonds is 4. The van der Waals surface area contributed by atoms with Crippen molar-refractivity contribution >= 4 is 43.6 Å². The lowest BCUT2D eigenvalue weighted by Gasteiger charge is -2.19. The van der Waals surface area contributed by atoms with Crippen LogP contribution in [0, 0.1) is 34.0 Å². The van der Waals surface area contributed by atoms with E-state index < -0.39 is 0 Å². The summed E-state index contributed by atoms with van der Waals surface area (Å²) in [6.07, 6.45) is 0. The number of fused-ring (bicyclic) bond motifs is 6. The Morgan fingerprint density at radius 3 is 1.72 bits per heavy atom. The predicted molar refractivity (Wildman–Crippen MR) is 200 cm³/mol. The summed E-state index contributed by atoms with van der Waals surface area (Å²) in [5.74, 6) is 0. The first-order valence-corrected chi connectivity index (χ1v) is 16.3. The van der Waals surface area contributed by atoms with Crippen LogP contribution in [0.4, 0.5) is 0 Å². The summed E-state index contributed by atoms with van der Waals surface area (Å²) in [5, 5.41) is 34.4. The highest BCUT2D eigenvalue weighted by Crippen LogP contribution is 2.42. The fraction of sp³-hybridized carbons (Fsp3) is 0. The maximum absolute atomic E-state index is 10.5. The van der Waals surface area contributed by atoms with Gasteiger partial charge in [-0.2, -0.15) is 15.8 Å². The van der Waals surface area contributed by atoms with Gasteiger partial charge in [0.05, 0.1) is 50.5 Å². The Balaban J connectivity index is 1.25. The summed E-state index contributed by atoms with van der Waals surface area (Å²) in [6.45, 7) is 0. The molecule has 0 aliphatic carbocycles. The number of nitriles is 3. The van der Waals surface area contributed by atoms with Crippen molar-refractivity contribution in [1.82, 2.24) is 9.13 Å². The third-order valence-electron chi connectivity index (χ3n) is 9.65. The SMILES string of the molecule is N#Cc1ccc2c(c1)c1ccccc1n2-c1ccc(-c2ccccc2-c2cccc(C#N)c2-n2c3ccccc3c3cccc(C#N)c32)cc1. The molecule has 0 bridgehead atoms. The molecule has 0 saturated heterocycles. The molecule has 9 rings (SSSR count). The maximum Gasteiger partial charge on any atom is 0.101 e. The molecule has 50 heavy (non-hydrogen) atoms. The highest BCUT2D eigenvalue weighted by Gasteiger charge is 2.22. The molecule has 0 fully saturated rings. The molecule has 9 aromatic rings. The lowest BCUT2D eigenvalue weighted by molar-refractivity contribution is 1.16. The van der Waals surface area contributed by atoms with Crippen molar-refractivity contribution < 1.29 is 0 Å². The third kappa shape index (κ3) is 4.24. The van der Waals surface area contributed by atoms with E-state index in [-0.39, 0.29) is 0 Å². The molecule has 0 spiro atoms. The van der Waals surface area contributed by atoms with Crippen LogP contribution in [0.2, 0.25) is 0 Å². The Morgan fingerprint density at radius 1 is 0.400 bits per heavy atom. The first kappa shape index (κ1) is 28.8. The number of aromatic nitrogens is 2. The fourth-order valence-electron chi connectivity index (χ4n) is 7.51. The lowest BCUT2D eigenvalue weighted by Crippen LogP contribution is -2.02. The number of benzene rings is 7. The summed E-state index contributed by atoms with van der Waals surface area (Å²) >= 11 is 0. The van der Waals surface area contributed by atoms with Gasteiger partial charge < -0.3 is 9.13 Å². The molecular weight excluding hydrogens is 611 g/mol. The third-order valence-corrected chi connectivity index (χ3v) is 9.65. The van der Waals surface area contributed by atoms with Crippen molar-refractivity contribution in [2.24, 2.45) is 0 Å². The lowest BCUT2D eigenvalue weighted by atomic mass is 9.92. The minimum atomic E-state index is 0.522. The Morgan fingerprint density at radius 2 is 0.980 bits per heavy atom. The Labute approximate surface area is 287 Å². The zero-order valence-corrected chi connectivity index (χ0v) is 26.7. The van der Waals surface area contributed by atoms with Crippen molar-refractivity contribution in [3.8, 4) is 51.8 Å². The largest absolute Gasteiger partial charge is 0.309 e. The number of nitrogens with zero attached hydrogens (tertiary/aromatic N) is 5. The second-order valence-corrected chi connectivity index (χ2v) is 12.3. The minimum absolute atomic E-state index is 0.522. The van der Waals surface area contributed by atoms with Crippen molar-refractivity contribution in [3.63, 3.8) is 0 Å². The zero-order chi connectivity index (χ0) is 33.8. The number of hydrogen-bond donors (Lipinski definition) is 0. The first-order chi connectivity index (χ1) is 24.7. The van der Waals surface area contributed by atoms with Gasteiger partial charge in [0.15, 0.2) is 0 Å². The second-order valence-electron chi connectivity index (χ2n) is 12.3. The molecule has 230 valence electrons. The standard InChI is InChI=1S/C45H25N5/c46-26-29-19-24-43-40(25-29)37-14-4-5-17-41(37)49(43)33-22-20-30(21-23-33)34-11-1-2-12-35(34)38-15-7-9-31(27-47)44(38)50-42-18-6-3-13-36(42)39-16-8-10-32(28-48)45(39)50/h1-25H. The summed E-state index contributed by atoms with van der Waals surface area (Å²) < 4.78 is 4.34. The van der Waals surface area contributed by atoms with Crippen LogP contribution in [-0.2, 0) is 0 Å². The topological polar surface area (TPSA) is 81.2 Å². The van der Waals surface area contributed by atoms with Gasteiger partial charge in [-0.3, -0.25) is 0 Å². The smallest absolute Gasteiger partial charge is 0.101 e. The van der Waals surface area contributed by atoms with Crippen molar-refractivity contribution in [3.05, 3.63) is 168 Å². The monoisotopic (exact) mass is 635 g/mol. The van der Waals surface area contributed by atoms with E-state index in [1.165, 1.54) is 0 Å². The van der Waals surface area contributed by atoms with E-state index in [0.29, 0.717) is 16.7 Å². The van der Waals surface area contributed by atoms with Crippen LogP contribution < -0.4 is 0 Å². The van der Waals surface area contributed by atoms with E-state index in [1.54, 1.807) is 0 Å². The van der Waals surface area contributed by atoms with Gasteiger partial charge in [0.25, 0.3) is 0 Å². The van der Waals surface area contributed by atoms with E-state index in [2.05, 4.69) is 94.1 Å². The van der Waals surface area contributed by atoms with E-state index in [0.717, 1.165) is 77.2 Å². The number of para-hydroxylation sites is 4. The van der Waals surface area contributed by atoms with Gasteiger partial charge in [0.1, 0.15) is 12.1 Å². The van der Waals surface area contributed by atoms with Gasteiger partial charge in [-0.15, -0.1) is 0 Å². The van der Waals surface area contributed by atoms with Gasteiger partial charge in [-0.05, 0) is 71.3 Å². The maximum atomic E-state index is 10.5. The first-order valence-electron chi connectivity index (χ1n) is 16.3. The molecular formula is C45H25N5. The van der Waals surface area contributed by atoms with E-state index in [1.807, 2.05) is 84.9 Å². The Bertz CT molecular complexity index is 2960. The summed E-state index contributed by atoms with van der Waals surface area (Å²) in [7, 11) is 0. The molecule has 0 amide bonds. The summed E-state index contributed by atoms with van der Waals surface area (Å²) in [5.41, 5.74) is 11.2. The minimum Gasteiger partial charge on any atom is -0.309 e. The summed E-state index contributed by atoms with van der Waals surface area (Å²) in [6, 6.07) is 57.8. The zero-order valence-electron chi connectivity index (χ0n) is 26.7. The van der Waals surface area contributed by atoms with Crippen LogP contribution in [0.5, 0.6) is 0 Å². The van der Waals surface area contributed by atoms with Crippen LogP contribution in [-0.4, -0.2) is 9.13 Å². The molecule has 0 N–H and O–H groups in total. The average Bonchev–Trinajstić information content (AvgIpc) is 3.70. The van der Waals surface area contributed by atoms with Crippen molar-refractivity contribution in [1.29, 1.82) is 15.8 Å². The average molecular weight is 636 g/mol. The molecule has 0 aliphatic rings. The highest BCUT2D eigenvalue weighted by molar-refractivity contribution is 6.12. The molecule has 2 heterocycles. The van der Waals surface area contributed by atoms with E-state index in [4.69, 9.17) is 0 Å². The van der Waals surface area contributed by atoms with Gasteiger partial charge >= 0.3 is 0 Å². The van der Waals surface area contributed by atoms with Gasteiger partial charge in [0.2, 0.25) is 0 Å². The molecule has 0 aliphatic heterocycles. The molecule has 7 aromatic carbocycles.